The molecule has 8 nitrogen and oxygen atoms in total. The number of nitrogens with one attached hydrogen (secondary N) is 3. The van der Waals surface area contributed by atoms with Gasteiger partial charge in [0.25, 0.3) is 11.8 Å². The Hall–Kier alpha value is -2.74. The maximum atomic E-state index is 12.7. The Labute approximate surface area is 165 Å². The summed E-state index contributed by atoms with van der Waals surface area (Å²) in [6.45, 7) is 9.44. The zero-order chi connectivity index (χ0) is 20.3. The van der Waals surface area contributed by atoms with Gasteiger partial charge in [-0.3, -0.25) is 9.59 Å². The van der Waals surface area contributed by atoms with Gasteiger partial charge < -0.3 is 16.0 Å². The summed E-state index contributed by atoms with van der Waals surface area (Å²) in [4.78, 5) is 25.1. The molecule has 0 unspecified atom stereocenters. The summed E-state index contributed by atoms with van der Waals surface area (Å²) in [5.74, 6) is -0.478. The lowest BCUT2D eigenvalue weighted by Gasteiger charge is -2.23. The van der Waals surface area contributed by atoms with Crippen molar-refractivity contribution in [3.8, 4) is 0 Å². The third kappa shape index (κ3) is 4.39. The van der Waals surface area contributed by atoms with E-state index in [1.807, 2.05) is 38.4 Å². The number of piperidine rings is 1. The van der Waals surface area contributed by atoms with E-state index in [1.165, 1.54) is 0 Å². The highest BCUT2D eigenvalue weighted by molar-refractivity contribution is 6.04. The van der Waals surface area contributed by atoms with Crippen molar-refractivity contribution in [1.82, 2.24) is 25.6 Å². The van der Waals surface area contributed by atoms with Crippen molar-refractivity contribution < 1.29 is 9.59 Å². The number of benzene rings is 1. The van der Waals surface area contributed by atoms with Gasteiger partial charge in [0.15, 0.2) is 5.69 Å². The van der Waals surface area contributed by atoms with Crippen LogP contribution in [-0.4, -0.2) is 45.9 Å². The van der Waals surface area contributed by atoms with Gasteiger partial charge in [0, 0.05) is 17.3 Å². The first kappa shape index (κ1) is 20.0. The second-order valence-electron chi connectivity index (χ2n) is 7.56. The number of hydrogen-bond donors (Lipinski definition) is 3. The molecule has 3 N–H and O–H groups in total. The van der Waals surface area contributed by atoms with E-state index >= 15 is 0 Å². The Bertz CT molecular complexity index is 868. The van der Waals surface area contributed by atoms with Gasteiger partial charge in [-0.2, -0.15) is 0 Å². The van der Waals surface area contributed by atoms with Crippen LogP contribution in [0.1, 0.15) is 64.8 Å². The Morgan fingerprint density at radius 3 is 2.57 bits per heavy atom. The predicted molar refractivity (Wildman–Crippen MR) is 108 cm³/mol. The molecule has 1 aromatic heterocycles. The molecule has 0 bridgehead atoms. The van der Waals surface area contributed by atoms with Crippen LogP contribution in [0.5, 0.6) is 0 Å². The number of aromatic nitrogens is 3. The summed E-state index contributed by atoms with van der Waals surface area (Å²) < 4.78 is 1.85. The van der Waals surface area contributed by atoms with Crippen LogP contribution in [0.25, 0.3) is 0 Å². The summed E-state index contributed by atoms with van der Waals surface area (Å²) in [5.41, 5.74) is 3.02. The van der Waals surface area contributed by atoms with E-state index in [9.17, 15) is 9.59 Å². The fourth-order valence-electron chi connectivity index (χ4n) is 3.42. The van der Waals surface area contributed by atoms with Gasteiger partial charge in [-0.1, -0.05) is 11.3 Å². The van der Waals surface area contributed by atoms with E-state index in [0.717, 1.165) is 37.2 Å². The van der Waals surface area contributed by atoms with Crippen LogP contribution < -0.4 is 16.0 Å². The van der Waals surface area contributed by atoms with E-state index in [1.54, 1.807) is 12.1 Å². The molecule has 1 aliphatic rings. The van der Waals surface area contributed by atoms with E-state index in [-0.39, 0.29) is 23.9 Å². The van der Waals surface area contributed by atoms with Crippen molar-refractivity contribution in [3.63, 3.8) is 0 Å². The highest BCUT2D eigenvalue weighted by atomic mass is 16.2. The lowest BCUT2D eigenvalue weighted by molar-refractivity contribution is 0.0941. The number of anilines is 1. The Morgan fingerprint density at radius 2 is 1.89 bits per heavy atom. The molecular formula is C20H28N6O2. The van der Waals surface area contributed by atoms with Gasteiger partial charge in [0.2, 0.25) is 0 Å². The number of hydrogen-bond acceptors (Lipinski definition) is 5. The summed E-state index contributed by atoms with van der Waals surface area (Å²) in [7, 11) is 0. The molecule has 150 valence electrons. The average Bonchev–Trinajstić information content (AvgIpc) is 3.05. The fourth-order valence-corrected chi connectivity index (χ4v) is 3.42. The van der Waals surface area contributed by atoms with Crippen LogP contribution in [0.2, 0.25) is 0 Å². The molecule has 28 heavy (non-hydrogen) atoms. The summed E-state index contributed by atoms with van der Waals surface area (Å²) >= 11 is 0. The molecule has 8 heteroatoms. The van der Waals surface area contributed by atoms with Crippen molar-refractivity contribution in [1.29, 1.82) is 0 Å². The molecular weight excluding hydrogens is 356 g/mol. The van der Waals surface area contributed by atoms with Crippen molar-refractivity contribution >= 4 is 17.5 Å². The van der Waals surface area contributed by atoms with Gasteiger partial charge >= 0.3 is 0 Å². The van der Waals surface area contributed by atoms with Crippen molar-refractivity contribution in [2.75, 3.05) is 18.4 Å². The van der Waals surface area contributed by atoms with E-state index in [0.29, 0.717) is 16.9 Å². The minimum atomic E-state index is -0.322. The van der Waals surface area contributed by atoms with Crippen LogP contribution in [0.4, 0.5) is 5.69 Å². The minimum Gasteiger partial charge on any atom is -0.350 e. The van der Waals surface area contributed by atoms with Crippen molar-refractivity contribution in [2.24, 2.45) is 0 Å². The second-order valence-corrected chi connectivity index (χ2v) is 7.56. The molecule has 2 heterocycles. The van der Waals surface area contributed by atoms with Crippen LogP contribution in [0.3, 0.4) is 0 Å². The Kier molecular flexibility index (Phi) is 6.08. The monoisotopic (exact) mass is 384 g/mol. The predicted octanol–water partition coefficient (Wildman–Crippen LogP) is 2.21. The van der Waals surface area contributed by atoms with Gasteiger partial charge in [-0.15, -0.1) is 5.10 Å². The Balaban J connectivity index is 1.76. The molecule has 0 radical (unpaired) electrons. The molecule has 3 rings (SSSR count). The summed E-state index contributed by atoms with van der Waals surface area (Å²) in [6, 6.07) is 5.60. The van der Waals surface area contributed by atoms with Crippen molar-refractivity contribution in [2.45, 2.75) is 52.6 Å². The van der Waals surface area contributed by atoms with Gasteiger partial charge in [-0.25, -0.2) is 4.68 Å². The SMILES string of the molecule is Cc1ccc(NC(=O)c2nnn(C3CCNCC3)c2C)cc1C(=O)NC(C)C. The van der Waals surface area contributed by atoms with Crippen LogP contribution in [0, 0.1) is 13.8 Å². The lowest BCUT2D eigenvalue weighted by Crippen LogP contribution is -2.30. The van der Waals surface area contributed by atoms with Gasteiger partial charge in [0.1, 0.15) is 0 Å². The number of aryl methyl sites for hydroxylation is 1. The van der Waals surface area contributed by atoms with E-state index in [2.05, 4.69) is 26.3 Å². The first-order valence-corrected chi connectivity index (χ1v) is 9.72. The molecule has 2 amide bonds. The van der Waals surface area contributed by atoms with Crippen LogP contribution in [-0.2, 0) is 0 Å². The maximum Gasteiger partial charge on any atom is 0.278 e. The molecule has 1 aromatic carbocycles. The van der Waals surface area contributed by atoms with Crippen LogP contribution >= 0.6 is 0 Å². The number of rotatable bonds is 5. The third-order valence-electron chi connectivity index (χ3n) is 4.96. The van der Waals surface area contributed by atoms with Crippen LogP contribution in [0.15, 0.2) is 18.2 Å². The number of carbonyl (C=O) groups is 2. The summed E-state index contributed by atoms with van der Waals surface area (Å²) in [5, 5.41) is 17.4. The quantitative estimate of drug-likeness (QED) is 0.734. The molecule has 0 atom stereocenters. The number of amides is 2. The van der Waals surface area contributed by atoms with Crippen molar-refractivity contribution in [3.05, 3.63) is 40.7 Å². The zero-order valence-electron chi connectivity index (χ0n) is 16.9. The molecule has 0 aliphatic carbocycles. The fraction of sp³-hybridized carbons (Fsp3) is 0.500. The Morgan fingerprint density at radius 1 is 1.18 bits per heavy atom. The standard InChI is InChI=1S/C20H28N6O2/c1-12(2)22-19(27)17-11-15(6-5-13(17)3)23-20(28)18-14(4)26(25-24-18)16-7-9-21-10-8-16/h5-6,11-12,16,21H,7-10H2,1-4H3,(H,22,27)(H,23,28). The molecule has 2 aromatic rings. The van der Waals surface area contributed by atoms with Gasteiger partial charge in [0.05, 0.1) is 11.7 Å². The van der Waals surface area contributed by atoms with Gasteiger partial charge in [-0.05, 0) is 71.3 Å². The molecule has 1 aliphatic heterocycles. The molecule has 1 saturated heterocycles. The smallest absolute Gasteiger partial charge is 0.278 e. The molecule has 0 saturated carbocycles. The maximum absolute atomic E-state index is 12.7. The highest BCUT2D eigenvalue weighted by Gasteiger charge is 2.23. The third-order valence-corrected chi connectivity index (χ3v) is 4.96. The number of nitrogens with zero attached hydrogens (tertiary/aromatic N) is 3. The highest BCUT2D eigenvalue weighted by Crippen LogP contribution is 2.21. The topological polar surface area (TPSA) is 101 Å². The first-order chi connectivity index (χ1) is 13.4. The lowest BCUT2D eigenvalue weighted by atomic mass is 10.1. The summed E-state index contributed by atoms with van der Waals surface area (Å²) in [6.07, 6.45) is 1.94. The largest absolute Gasteiger partial charge is 0.350 e. The zero-order valence-corrected chi connectivity index (χ0v) is 16.9. The normalized spacial score (nSPS) is 14.9. The van der Waals surface area contributed by atoms with E-state index in [4.69, 9.17) is 0 Å². The molecule has 1 fully saturated rings. The minimum absolute atomic E-state index is 0.0397. The van der Waals surface area contributed by atoms with E-state index < -0.39 is 0 Å². The first-order valence-electron chi connectivity index (χ1n) is 9.72. The molecule has 0 spiro atoms. The number of carbonyl (C=O) groups excluding carboxylic acids is 2. The second kappa shape index (κ2) is 8.52. The average molecular weight is 384 g/mol.